The van der Waals surface area contributed by atoms with Crippen molar-refractivity contribution in [2.75, 3.05) is 13.1 Å². The van der Waals surface area contributed by atoms with Crippen molar-refractivity contribution in [1.82, 2.24) is 5.32 Å². The van der Waals surface area contributed by atoms with Gasteiger partial charge in [0.2, 0.25) is 0 Å². The van der Waals surface area contributed by atoms with E-state index in [-0.39, 0.29) is 31.9 Å². The molecule has 4 aliphatic carbocycles. The number of carboxylic acids is 1. The fourth-order valence-corrected chi connectivity index (χ4v) is 6.81. The highest BCUT2D eigenvalue weighted by Crippen LogP contribution is 2.61. The van der Waals surface area contributed by atoms with Crippen LogP contribution in [0, 0.1) is 17.8 Å². The number of hydrogen-bond acceptors (Lipinski definition) is 8. The van der Waals surface area contributed by atoms with E-state index >= 15 is 0 Å². The van der Waals surface area contributed by atoms with E-state index in [1.54, 1.807) is 0 Å². The Morgan fingerprint density at radius 3 is 2.29 bits per heavy atom. The zero-order valence-corrected chi connectivity index (χ0v) is 18.4. The Morgan fingerprint density at radius 1 is 1.19 bits per heavy atom. The van der Waals surface area contributed by atoms with Gasteiger partial charge in [-0.05, 0) is 69.1 Å². The first kappa shape index (κ1) is 24.0. The van der Waals surface area contributed by atoms with Crippen molar-refractivity contribution >= 4 is 25.7 Å². The Morgan fingerprint density at radius 2 is 1.77 bits per heavy atom. The zero-order chi connectivity index (χ0) is 22.6. The summed E-state index contributed by atoms with van der Waals surface area (Å²) in [5.41, 5.74) is 9.70. The minimum absolute atomic E-state index is 0.0462. The quantitative estimate of drug-likeness (QED) is 0.138. The summed E-state index contributed by atoms with van der Waals surface area (Å²) in [5.74, 6) is -0.651. The average Bonchev–Trinajstić information content (AvgIpc) is 2.60. The van der Waals surface area contributed by atoms with Gasteiger partial charge in [0.25, 0.3) is 0 Å². The van der Waals surface area contributed by atoms with Crippen molar-refractivity contribution < 1.29 is 33.2 Å². The van der Waals surface area contributed by atoms with E-state index in [0.29, 0.717) is 43.4 Å². The lowest BCUT2D eigenvalue weighted by molar-refractivity contribution is -0.246. The molecule has 4 fully saturated rings. The Kier molecular flexibility index (Phi) is 7.62. The van der Waals surface area contributed by atoms with Crippen LogP contribution in [0.5, 0.6) is 0 Å². The predicted octanol–water partition coefficient (Wildman–Crippen LogP) is 0.470. The highest BCUT2D eigenvalue weighted by atomic mass is 31.2. The third-order valence-corrected chi connectivity index (χ3v) is 7.50. The topological polar surface area (TPSA) is 189 Å². The molecular weight excluding hydrogens is 427 g/mol. The van der Waals surface area contributed by atoms with Crippen molar-refractivity contribution in [2.45, 2.75) is 69.4 Å². The highest BCUT2D eigenvalue weighted by Gasteiger charge is 2.53. The van der Waals surface area contributed by atoms with Crippen LogP contribution >= 0.6 is 7.82 Å². The van der Waals surface area contributed by atoms with Gasteiger partial charge in [0.15, 0.2) is 5.96 Å². The molecule has 4 saturated carbocycles. The SMILES string of the molecule is NC(N)=NCCC[C@H](NCCC(=O)OP(=O)([O-])OC12CC3CC(CC(C3)C1)C2)C(=O)O. The average molecular weight is 459 g/mol. The Hall–Kier alpha value is -1.68. The van der Waals surface area contributed by atoms with Crippen molar-refractivity contribution in [1.29, 1.82) is 0 Å². The van der Waals surface area contributed by atoms with E-state index in [2.05, 4.69) is 14.8 Å². The van der Waals surface area contributed by atoms with Gasteiger partial charge in [-0.15, -0.1) is 0 Å². The van der Waals surface area contributed by atoms with E-state index in [1.165, 1.54) is 0 Å². The van der Waals surface area contributed by atoms with E-state index in [4.69, 9.17) is 16.0 Å². The number of aliphatic imine (C=N–C) groups is 1. The number of carbonyl (C=O) groups excluding carboxylic acids is 1. The second kappa shape index (κ2) is 9.85. The lowest BCUT2D eigenvalue weighted by atomic mass is 9.54. The molecule has 0 aromatic carbocycles. The minimum Gasteiger partial charge on any atom is -0.746 e. The van der Waals surface area contributed by atoms with Crippen LogP contribution in [0.4, 0.5) is 0 Å². The van der Waals surface area contributed by atoms with Crippen LogP contribution in [-0.4, -0.2) is 47.7 Å². The summed E-state index contributed by atoms with van der Waals surface area (Å²) in [6, 6.07) is -0.913. The van der Waals surface area contributed by atoms with Crippen molar-refractivity contribution in [2.24, 2.45) is 34.2 Å². The van der Waals surface area contributed by atoms with Crippen LogP contribution in [0.3, 0.4) is 0 Å². The zero-order valence-electron chi connectivity index (χ0n) is 17.5. The smallest absolute Gasteiger partial charge is 0.322 e. The molecule has 1 unspecified atom stereocenters. The molecule has 0 saturated heterocycles. The Balaban J connectivity index is 1.41. The lowest BCUT2D eigenvalue weighted by Crippen LogP contribution is -2.52. The molecule has 0 heterocycles. The highest BCUT2D eigenvalue weighted by molar-refractivity contribution is 7.46. The van der Waals surface area contributed by atoms with Gasteiger partial charge in [0.05, 0.1) is 12.0 Å². The Bertz CT molecular complexity index is 720. The molecule has 0 amide bonds. The fraction of sp³-hybridized carbons (Fsp3) is 0.842. The maximum atomic E-state index is 12.4. The fourth-order valence-electron chi connectivity index (χ4n) is 5.73. The monoisotopic (exact) mass is 459 g/mol. The van der Waals surface area contributed by atoms with Gasteiger partial charge in [-0.1, -0.05) is 0 Å². The number of carbonyl (C=O) groups is 2. The summed E-state index contributed by atoms with van der Waals surface area (Å²) >= 11 is 0. The maximum absolute atomic E-state index is 12.4. The van der Waals surface area contributed by atoms with Gasteiger partial charge >= 0.3 is 19.8 Å². The molecule has 0 aromatic heterocycles. The molecule has 4 rings (SSSR count). The molecule has 0 aromatic rings. The normalized spacial score (nSPS) is 31.6. The van der Waals surface area contributed by atoms with Crippen molar-refractivity contribution in [3.63, 3.8) is 0 Å². The number of aliphatic carboxylic acids is 1. The van der Waals surface area contributed by atoms with Gasteiger partial charge in [-0.3, -0.25) is 19.1 Å². The Labute approximate surface area is 181 Å². The number of phosphoric ester groups is 1. The molecule has 4 aliphatic rings. The molecule has 0 radical (unpaired) electrons. The minimum atomic E-state index is -4.79. The lowest BCUT2D eigenvalue weighted by Gasteiger charge is -2.56. The molecular formula is C19H32N4O7P-. The van der Waals surface area contributed by atoms with E-state index in [1.807, 2.05) is 0 Å². The summed E-state index contributed by atoms with van der Waals surface area (Å²) < 4.78 is 22.5. The molecule has 176 valence electrons. The number of hydrogen-bond donors (Lipinski definition) is 4. The number of nitrogens with zero attached hydrogens (tertiary/aromatic N) is 1. The number of rotatable bonds is 12. The summed E-state index contributed by atoms with van der Waals surface area (Å²) in [6.45, 7) is 0.242. The van der Waals surface area contributed by atoms with Gasteiger partial charge in [-0.2, -0.15) is 0 Å². The maximum Gasteiger partial charge on any atom is 0.322 e. The molecule has 4 bridgehead atoms. The molecule has 0 spiro atoms. The molecule has 0 aliphatic heterocycles. The van der Waals surface area contributed by atoms with Crippen LogP contribution in [0.15, 0.2) is 4.99 Å². The van der Waals surface area contributed by atoms with Gasteiger partial charge in [-0.25, -0.2) is 0 Å². The number of nitrogens with two attached hydrogens (primary N) is 2. The third kappa shape index (κ3) is 6.90. The molecule has 2 atom stereocenters. The molecule has 31 heavy (non-hydrogen) atoms. The summed E-state index contributed by atoms with van der Waals surface area (Å²) in [5, 5.41) is 12.0. The van der Waals surface area contributed by atoms with Gasteiger partial charge < -0.3 is 35.8 Å². The van der Waals surface area contributed by atoms with E-state index in [0.717, 1.165) is 19.3 Å². The second-order valence-electron chi connectivity index (χ2n) is 9.15. The van der Waals surface area contributed by atoms with Crippen LogP contribution < -0.4 is 21.7 Å². The van der Waals surface area contributed by atoms with Crippen LogP contribution in [0.2, 0.25) is 0 Å². The van der Waals surface area contributed by atoms with E-state index in [9.17, 15) is 24.2 Å². The van der Waals surface area contributed by atoms with E-state index < -0.39 is 31.4 Å². The van der Waals surface area contributed by atoms with Crippen LogP contribution in [-0.2, 0) is 23.2 Å². The molecule has 12 heteroatoms. The number of guanidine groups is 1. The first-order valence-electron chi connectivity index (χ1n) is 10.8. The number of nitrogens with one attached hydrogen (secondary N) is 1. The second-order valence-corrected chi connectivity index (χ2v) is 10.4. The number of phosphoric acid groups is 1. The largest absolute Gasteiger partial charge is 0.746 e. The van der Waals surface area contributed by atoms with Crippen molar-refractivity contribution in [3.8, 4) is 0 Å². The summed E-state index contributed by atoms with van der Waals surface area (Å²) in [7, 11) is -4.79. The first-order valence-corrected chi connectivity index (χ1v) is 12.3. The van der Waals surface area contributed by atoms with Gasteiger partial charge in [0.1, 0.15) is 6.04 Å². The summed E-state index contributed by atoms with van der Waals surface area (Å²) in [6.07, 6.45) is 5.88. The number of carboxylic acid groups (broad SMARTS) is 1. The van der Waals surface area contributed by atoms with Crippen LogP contribution in [0.25, 0.3) is 0 Å². The molecule has 11 nitrogen and oxygen atoms in total. The summed E-state index contributed by atoms with van der Waals surface area (Å²) in [4.78, 5) is 39.5. The standard InChI is InChI=1S/C19H33N4O7P/c20-18(21)23-4-1-2-15(17(25)26)22-5-3-16(24)29-31(27,28)30-19-9-12-6-13(10-19)8-14(7-12)11-19/h12-15,22H,1-11H2,(H,25,26)(H,27,28)(H4,20,21,23)/p-1/t12?,13?,14?,15-,19?/m0/s1. The van der Waals surface area contributed by atoms with Crippen LogP contribution in [0.1, 0.15) is 57.8 Å². The molecule has 6 N–H and O–H groups in total. The predicted molar refractivity (Wildman–Crippen MR) is 110 cm³/mol. The first-order chi connectivity index (χ1) is 14.6. The van der Waals surface area contributed by atoms with Gasteiger partial charge in [0, 0.05) is 13.1 Å². The van der Waals surface area contributed by atoms with Crippen molar-refractivity contribution in [3.05, 3.63) is 0 Å². The third-order valence-electron chi connectivity index (χ3n) is 6.46.